The average molecular weight is 445 g/mol. The molecule has 3 aromatic heterocycles. The predicted octanol–water partition coefficient (Wildman–Crippen LogP) is 3.48. The normalized spacial score (nSPS) is 14.5. The SMILES string of the molecule is Nc1ncc(-c2cnn(C3CCN(C(=O)O)CC3)c2)cc1-c1nnc(Cc2ccccc2)o1. The van der Waals surface area contributed by atoms with E-state index in [0.717, 1.165) is 29.5 Å². The molecule has 10 nitrogen and oxygen atoms in total. The summed E-state index contributed by atoms with van der Waals surface area (Å²) in [7, 11) is 0. The van der Waals surface area contributed by atoms with Crippen LogP contribution >= 0.6 is 0 Å². The van der Waals surface area contributed by atoms with Gasteiger partial charge in [-0.3, -0.25) is 4.68 Å². The summed E-state index contributed by atoms with van der Waals surface area (Å²) in [6, 6.07) is 11.9. The third-order valence-corrected chi connectivity index (χ3v) is 5.86. The lowest BCUT2D eigenvalue weighted by Gasteiger charge is -2.30. The van der Waals surface area contributed by atoms with Crippen molar-refractivity contribution in [2.75, 3.05) is 18.8 Å². The number of likely N-dealkylation sites (tertiary alicyclic amines) is 1. The van der Waals surface area contributed by atoms with E-state index < -0.39 is 6.09 Å². The number of nitrogens with two attached hydrogens (primary N) is 1. The van der Waals surface area contributed by atoms with Crippen LogP contribution in [0.1, 0.15) is 30.3 Å². The quantitative estimate of drug-likeness (QED) is 0.476. The fourth-order valence-corrected chi connectivity index (χ4v) is 4.02. The van der Waals surface area contributed by atoms with Crippen LogP contribution in [0, 0.1) is 0 Å². The number of nitrogen functional groups attached to an aromatic ring is 1. The minimum atomic E-state index is -0.872. The van der Waals surface area contributed by atoms with Crippen molar-refractivity contribution in [3.05, 3.63) is 66.4 Å². The van der Waals surface area contributed by atoms with Gasteiger partial charge in [0, 0.05) is 36.6 Å². The molecule has 0 aliphatic carbocycles. The van der Waals surface area contributed by atoms with Crippen LogP contribution in [0.5, 0.6) is 0 Å². The van der Waals surface area contributed by atoms with Crippen molar-refractivity contribution < 1.29 is 14.3 Å². The molecule has 33 heavy (non-hydrogen) atoms. The lowest BCUT2D eigenvalue weighted by molar-refractivity contribution is 0.124. The van der Waals surface area contributed by atoms with Gasteiger partial charge in [-0.05, 0) is 24.5 Å². The molecule has 1 aliphatic rings. The van der Waals surface area contributed by atoms with Gasteiger partial charge in [-0.25, -0.2) is 9.78 Å². The van der Waals surface area contributed by atoms with Crippen LogP contribution in [0.3, 0.4) is 0 Å². The number of nitrogens with zero attached hydrogens (tertiary/aromatic N) is 6. The zero-order valence-electron chi connectivity index (χ0n) is 17.8. The van der Waals surface area contributed by atoms with Gasteiger partial charge in [0.25, 0.3) is 5.89 Å². The third-order valence-electron chi connectivity index (χ3n) is 5.86. The minimum absolute atomic E-state index is 0.159. The molecule has 168 valence electrons. The number of hydrogen-bond acceptors (Lipinski definition) is 7. The first-order chi connectivity index (χ1) is 16.1. The van der Waals surface area contributed by atoms with E-state index >= 15 is 0 Å². The molecule has 0 radical (unpaired) electrons. The van der Waals surface area contributed by atoms with E-state index in [1.807, 2.05) is 47.3 Å². The molecule has 10 heteroatoms. The Labute approximate surface area is 189 Å². The van der Waals surface area contributed by atoms with Crippen LogP contribution in [-0.4, -0.2) is 54.2 Å². The van der Waals surface area contributed by atoms with Crippen molar-refractivity contribution in [1.82, 2.24) is 29.9 Å². The highest BCUT2D eigenvalue weighted by Gasteiger charge is 2.24. The van der Waals surface area contributed by atoms with Crippen LogP contribution in [0.4, 0.5) is 10.6 Å². The number of aromatic nitrogens is 5. The number of piperidine rings is 1. The van der Waals surface area contributed by atoms with E-state index in [1.54, 1.807) is 12.4 Å². The van der Waals surface area contributed by atoms with Crippen LogP contribution in [0.2, 0.25) is 0 Å². The van der Waals surface area contributed by atoms with Crippen molar-refractivity contribution >= 4 is 11.9 Å². The number of benzene rings is 1. The molecule has 0 unspecified atom stereocenters. The van der Waals surface area contributed by atoms with E-state index in [4.69, 9.17) is 15.3 Å². The van der Waals surface area contributed by atoms with Crippen molar-refractivity contribution in [1.29, 1.82) is 0 Å². The molecule has 4 heterocycles. The minimum Gasteiger partial charge on any atom is -0.465 e. The number of carbonyl (C=O) groups is 1. The first-order valence-corrected chi connectivity index (χ1v) is 10.7. The third kappa shape index (κ3) is 4.40. The summed E-state index contributed by atoms with van der Waals surface area (Å²) in [6.07, 6.45) is 6.53. The van der Waals surface area contributed by atoms with Gasteiger partial charge in [0.2, 0.25) is 5.89 Å². The van der Waals surface area contributed by atoms with Crippen molar-refractivity contribution in [2.24, 2.45) is 0 Å². The maximum Gasteiger partial charge on any atom is 0.407 e. The molecule has 1 fully saturated rings. The van der Waals surface area contributed by atoms with Crippen LogP contribution in [0.25, 0.3) is 22.6 Å². The van der Waals surface area contributed by atoms with Gasteiger partial charge in [-0.2, -0.15) is 5.10 Å². The van der Waals surface area contributed by atoms with Gasteiger partial charge in [-0.1, -0.05) is 30.3 Å². The number of carboxylic acid groups (broad SMARTS) is 1. The zero-order chi connectivity index (χ0) is 22.8. The Hall–Kier alpha value is -4.21. The lowest BCUT2D eigenvalue weighted by atomic mass is 10.1. The second-order valence-corrected chi connectivity index (χ2v) is 8.03. The number of amides is 1. The maximum absolute atomic E-state index is 11.1. The van der Waals surface area contributed by atoms with E-state index in [0.29, 0.717) is 42.7 Å². The molecule has 0 bridgehead atoms. The standard InChI is InChI=1S/C23H23N7O3/c24-21-19(22-28-27-20(33-22)10-15-4-2-1-3-5-15)11-16(12-25-21)17-13-26-30(14-17)18-6-8-29(9-7-18)23(31)32/h1-5,11-14,18H,6-10H2,(H2,24,25)(H,31,32). The summed E-state index contributed by atoms with van der Waals surface area (Å²) >= 11 is 0. The summed E-state index contributed by atoms with van der Waals surface area (Å²) < 4.78 is 7.76. The Balaban J connectivity index is 1.34. The van der Waals surface area contributed by atoms with Gasteiger partial charge in [0.05, 0.1) is 24.2 Å². The van der Waals surface area contributed by atoms with Crippen LogP contribution in [0.15, 0.2) is 59.4 Å². The molecule has 3 N–H and O–H groups in total. The maximum atomic E-state index is 11.1. The lowest BCUT2D eigenvalue weighted by Crippen LogP contribution is -2.38. The molecule has 0 atom stereocenters. The van der Waals surface area contributed by atoms with Gasteiger partial charge in [-0.15, -0.1) is 10.2 Å². The average Bonchev–Trinajstić information content (AvgIpc) is 3.50. The molecular weight excluding hydrogens is 422 g/mol. The first kappa shape index (κ1) is 20.7. The predicted molar refractivity (Wildman–Crippen MR) is 120 cm³/mol. The molecule has 1 aromatic carbocycles. The van der Waals surface area contributed by atoms with Gasteiger partial charge < -0.3 is 20.2 Å². The molecule has 5 rings (SSSR count). The Morgan fingerprint density at radius 2 is 1.91 bits per heavy atom. The fraction of sp³-hybridized carbons (Fsp3) is 0.261. The topological polar surface area (TPSA) is 136 Å². The van der Waals surface area contributed by atoms with Crippen molar-refractivity contribution in [3.8, 4) is 22.6 Å². The second kappa shape index (κ2) is 8.73. The summed E-state index contributed by atoms with van der Waals surface area (Å²) in [6.45, 7) is 1.01. The fourth-order valence-electron chi connectivity index (χ4n) is 4.02. The number of rotatable bonds is 5. The Bertz CT molecular complexity index is 1260. The second-order valence-electron chi connectivity index (χ2n) is 8.03. The van der Waals surface area contributed by atoms with Crippen LogP contribution < -0.4 is 5.73 Å². The molecule has 0 saturated carbocycles. The van der Waals surface area contributed by atoms with E-state index in [9.17, 15) is 4.79 Å². The summed E-state index contributed by atoms with van der Waals surface area (Å²) in [4.78, 5) is 16.9. The largest absolute Gasteiger partial charge is 0.465 e. The van der Waals surface area contributed by atoms with Gasteiger partial charge in [0.15, 0.2) is 0 Å². The van der Waals surface area contributed by atoms with Crippen LogP contribution in [-0.2, 0) is 6.42 Å². The Kier molecular flexibility index (Phi) is 5.47. The monoisotopic (exact) mass is 445 g/mol. The highest BCUT2D eigenvalue weighted by molar-refractivity contribution is 5.74. The summed E-state index contributed by atoms with van der Waals surface area (Å²) in [5.41, 5.74) is 9.47. The molecule has 1 saturated heterocycles. The van der Waals surface area contributed by atoms with E-state index in [2.05, 4.69) is 20.3 Å². The summed E-state index contributed by atoms with van der Waals surface area (Å²) in [5, 5.41) is 22.0. The molecule has 0 spiro atoms. The number of anilines is 1. The van der Waals surface area contributed by atoms with E-state index in [-0.39, 0.29) is 6.04 Å². The Morgan fingerprint density at radius 3 is 2.67 bits per heavy atom. The van der Waals surface area contributed by atoms with E-state index in [1.165, 1.54) is 4.90 Å². The highest BCUT2D eigenvalue weighted by Crippen LogP contribution is 2.30. The van der Waals surface area contributed by atoms with Gasteiger partial charge >= 0.3 is 6.09 Å². The summed E-state index contributed by atoms with van der Waals surface area (Å²) in [5.74, 6) is 1.13. The molecule has 1 aliphatic heterocycles. The molecular formula is C23H23N7O3. The molecule has 4 aromatic rings. The van der Waals surface area contributed by atoms with Crippen molar-refractivity contribution in [3.63, 3.8) is 0 Å². The number of hydrogen-bond donors (Lipinski definition) is 2. The first-order valence-electron chi connectivity index (χ1n) is 10.7. The smallest absolute Gasteiger partial charge is 0.407 e. The Morgan fingerprint density at radius 1 is 1.12 bits per heavy atom. The zero-order valence-corrected chi connectivity index (χ0v) is 17.8. The van der Waals surface area contributed by atoms with Crippen molar-refractivity contribution in [2.45, 2.75) is 25.3 Å². The highest BCUT2D eigenvalue weighted by atomic mass is 16.4. The number of pyridine rings is 1. The van der Waals surface area contributed by atoms with Gasteiger partial charge in [0.1, 0.15) is 5.82 Å². The molecule has 1 amide bonds.